The van der Waals surface area contributed by atoms with Crippen LogP contribution < -0.4 is 0 Å². The molecule has 0 bridgehead atoms. The Morgan fingerprint density at radius 1 is 1.11 bits per heavy atom. The van der Waals surface area contributed by atoms with Crippen molar-refractivity contribution in [3.63, 3.8) is 0 Å². The lowest BCUT2D eigenvalue weighted by Gasteiger charge is -2.23. The van der Waals surface area contributed by atoms with Gasteiger partial charge < -0.3 is 5.11 Å². The molecule has 1 heterocycles. The largest absolute Gasteiger partial charge is 0.383 e. The monoisotopic (exact) mass is 267 g/mol. The molecule has 0 saturated carbocycles. The van der Waals surface area contributed by atoms with Crippen molar-refractivity contribution in [2.24, 2.45) is 0 Å². The Labute approximate surface area is 108 Å². The second-order valence-electron chi connectivity index (χ2n) is 4.55. The van der Waals surface area contributed by atoms with E-state index in [1.54, 1.807) is 0 Å². The van der Waals surface area contributed by atoms with Crippen LogP contribution in [0.3, 0.4) is 0 Å². The Kier molecular flexibility index (Phi) is 3.57. The zero-order valence-corrected chi connectivity index (χ0v) is 10.2. The van der Waals surface area contributed by atoms with Crippen LogP contribution in [0.15, 0.2) is 36.5 Å². The number of benzene rings is 1. The lowest BCUT2D eigenvalue weighted by atomic mass is 9.92. The molecule has 2 aromatic rings. The van der Waals surface area contributed by atoms with Crippen molar-refractivity contribution in [1.82, 2.24) is 4.98 Å². The van der Waals surface area contributed by atoms with E-state index in [0.717, 1.165) is 24.4 Å². The third-order valence-corrected chi connectivity index (χ3v) is 2.83. The maximum Gasteiger partial charge on any atom is 0.141 e. The molecular formula is C14H12F3NO. The molecule has 0 spiro atoms. The highest BCUT2D eigenvalue weighted by Gasteiger charge is 2.26. The highest BCUT2D eigenvalue weighted by Crippen LogP contribution is 2.25. The van der Waals surface area contributed by atoms with E-state index in [0.29, 0.717) is 0 Å². The van der Waals surface area contributed by atoms with Gasteiger partial charge in [0.15, 0.2) is 0 Å². The van der Waals surface area contributed by atoms with Crippen molar-refractivity contribution in [1.29, 1.82) is 0 Å². The summed E-state index contributed by atoms with van der Waals surface area (Å²) in [6.07, 6.45) is 0.891. The molecule has 0 amide bonds. The van der Waals surface area contributed by atoms with Crippen LogP contribution in [0.25, 0.3) is 0 Å². The highest BCUT2D eigenvalue weighted by atomic mass is 19.1. The first-order valence-electron chi connectivity index (χ1n) is 5.67. The molecule has 100 valence electrons. The summed E-state index contributed by atoms with van der Waals surface area (Å²) in [7, 11) is 0. The second kappa shape index (κ2) is 5.01. The van der Waals surface area contributed by atoms with Gasteiger partial charge >= 0.3 is 0 Å². The van der Waals surface area contributed by atoms with Crippen LogP contribution in [0.5, 0.6) is 0 Å². The second-order valence-corrected chi connectivity index (χ2v) is 4.55. The van der Waals surface area contributed by atoms with Gasteiger partial charge in [0, 0.05) is 12.5 Å². The predicted octanol–water partition coefficient (Wildman–Crippen LogP) is 2.95. The van der Waals surface area contributed by atoms with Crippen molar-refractivity contribution in [2.45, 2.75) is 18.9 Å². The Bertz CT molecular complexity index is 582. The van der Waals surface area contributed by atoms with Crippen molar-refractivity contribution in [2.75, 3.05) is 0 Å². The molecule has 5 heteroatoms. The average molecular weight is 267 g/mol. The van der Waals surface area contributed by atoms with Crippen LogP contribution in [-0.2, 0) is 12.0 Å². The van der Waals surface area contributed by atoms with Crippen LogP contribution in [-0.4, -0.2) is 10.1 Å². The molecule has 0 aliphatic rings. The summed E-state index contributed by atoms with van der Waals surface area (Å²) in [5.74, 6) is -1.93. The molecule has 0 radical (unpaired) electrons. The molecule has 2 rings (SSSR count). The molecule has 1 aromatic heterocycles. The summed E-state index contributed by atoms with van der Waals surface area (Å²) in [5.41, 5.74) is -1.08. The van der Waals surface area contributed by atoms with E-state index in [4.69, 9.17) is 0 Å². The maximum atomic E-state index is 13.5. The first-order chi connectivity index (χ1) is 8.88. The molecule has 0 aliphatic heterocycles. The number of pyridine rings is 1. The van der Waals surface area contributed by atoms with Gasteiger partial charge in [-0.05, 0) is 30.7 Å². The third kappa shape index (κ3) is 3.12. The van der Waals surface area contributed by atoms with Crippen LogP contribution in [0.2, 0.25) is 0 Å². The van der Waals surface area contributed by atoms with E-state index in [-0.39, 0.29) is 17.7 Å². The zero-order valence-electron chi connectivity index (χ0n) is 10.2. The number of aromatic nitrogens is 1. The van der Waals surface area contributed by atoms with Crippen molar-refractivity contribution in [3.05, 3.63) is 65.2 Å². The van der Waals surface area contributed by atoms with Crippen LogP contribution in [0.1, 0.15) is 18.2 Å². The molecule has 0 fully saturated rings. The van der Waals surface area contributed by atoms with Gasteiger partial charge in [-0.1, -0.05) is 6.07 Å². The summed E-state index contributed by atoms with van der Waals surface area (Å²) in [6.45, 7) is 1.44. The van der Waals surface area contributed by atoms with Gasteiger partial charge in [-0.15, -0.1) is 0 Å². The van der Waals surface area contributed by atoms with E-state index < -0.39 is 23.1 Å². The van der Waals surface area contributed by atoms with Crippen LogP contribution in [0, 0.1) is 17.5 Å². The first-order valence-corrected chi connectivity index (χ1v) is 5.67. The molecule has 1 atom stereocenters. The Morgan fingerprint density at radius 2 is 1.79 bits per heavy atom. The van der Waals surface area contributed by atoms with Crippen LogP contribution >= 0.6 is 0 Å². The molecule has 1 N–H and O–H groups in total. The minimum Gasteiger partial charge on any atom is -0.383 e. The third-order valence-electron chi connectivity index (χ3n) is 2.83. The molecule has 19 heavy (non-hydrogen) atoms. The van der Waals surface area contributed by atoms with Gasteiger partial charge in [-0.3, -0.25) is 4.98 Å². The molecule has 1 aromatic carbocycles. The highest BCUT2D eigenvalue weighted by molar-refractivity contribution is 5.23. The van der Waals surface area contributed by atoms with E-state index >= 15 is 0 Å². The molecule has 0 saturated heterocycles. The lowest BCUT2D eigenvalue weighted by Crippen LogP contribution is -2.26. The molecule has 0 aliphatic carbocycles. The van der Waals surface area contributed by atoms with E-state index in [1.807, 2.05) is 0 Å². The standard InChI is InChI=1S/C14H12F3NO/c1-14(19,13-5-4-11(16)8-18-13)7-9-2-3-10(15)6-12(9)17/h2-6,8,19H,7H2,1H3. The number of nitrogens with zero attached hydrogens (tertiary/aromatic N) is 1. The van der Waals surface area contributed by atoms with Gasteiger partial charge in [0.1, 0.15) is 23.1 Å². The summed E-state index contributed by atoms with van der Waals surface area (Å²) >= 11 is 0. The Hall–Kier alpha value is -1.88. The summed E-state index contributed by atoms with van der Waals surface area (Å²) in [5, 5.41) is 10.3. The smallest absolute Gasteiger partial charge is 0.141 e. The van der Waals surface area contributed by atoms with Crippen molar-refractivity contribution >= 4 is 0 Å². The number of aliphatic hydroxyl groups is 1. The summed E-state index contributed by atoms with van der Waals surface area (Å²) < 4.78 is 39.1. The van der Waals surface area contributed by atoms with Crippen molar-refractivity contribution < 1.29 is 18.3 Å². The average Bonchev–Trinajstić information content (AvgIpc) is 2.33. The van der Waals surface area contributed by atoms with Gasteiger partial charge in [0.25, 0.3) is 0 Å². The minimum atomic E-state index is -1.47. The van der Waals surface area contributed by atoms with Crippen molar-refractivity contribution in [3.8, 4) is 0 Å². The normalized spacial score (nSPS) is 14.2. The lowest BCUT2D eigenvalue weighted by molar-refractivity contribution is 0.0519. The quantitative estimate of drug-likeness (QED) is 0.927. The summed E-state index contributed by atoms with van der Waals surface area (Å²) in [4.78, 5) is 3.77. The fourth-order valence-electron chi connectivity index (χ4n) is 1.82. The predicted molar refractivity (Wildman–Crippen MR) is 63.8 cm³/mol. The van der Waals surface area contributed by atoms with Gasteiger partial charge in [-0.2, -0.15) is 0 Å². The van der Waals surface area contributed by atoms with Gasteiger partial charge in [0.2, 0.25) is 0 Å². The maximum absolute atomic E-state index is 13.5. The molecular weight excluding hydrogens is 255 g/mol. The van der Waals surface area contributed by atoms with E-state index in [9.17, 15) is 18.3 Å². The first kappa shape index (κ1) is 13.5. The minimum absolute atomic E-state index is 0.0856. The van der Waals surface area contributed by atoms with E-state index in [1.165, 1.54) is 19.1 Å². The summed E-state index contributed by atoms with van der Waals surface area (Å²) in [6, 6.07) is 5.63. The molecule has 2 nitrogen and oxygen atoms in total. The number of halogens is 3. The topological polar surface area (TPSA) is 33.1 Å². The van der Waals surface area contributed by atoms with Crippen LogP contribution in [0.4, 0.5) is 13.2 Å². The van der Waals surface area contributed by atoms with Gasteiger partial charge in [0.05, 0.1) is 11.9 Å². The fourth-order valence-corrected chi connectivity index (χ4v) is 1.82. The number of hydrogen-bond donors (Lipinski definition) is 1. The SMILES string of the molecule is CC(O)(Cc1ccc(F)cc1F)c1ccc(F)cn1. The fraction of sp³-hybridized carbons (Fsp3) is 0.214. The Morgan fingerprint density at radius 3 is 2.37 bits per heavy atom. The Balaban J connectivity index is 2.27. The van der Waals surface area contributed by atoms with E-state index in [2.05, 4.69) is 4.98 Å². The van der Waals surface area contributed by atoms with Gasteiger partial charge in [-0.25, -0.2) is 13.2 Å². The molecule has 1 unspecified atom stereocenters. The number of rotatable bonds is 3. The zero-order chi connectivity index (χ0) is 14.0. The number of hydrogen-bond acceptors (Lipinski definition) is 2.